The average Bonchev–Trinajstić information content (AvgIpc) is 2.99. The molecule has 2 N–H and O–H groups in total. The van der Waals surface area contributed by atoms with E-state index in [0.717, 1.165) is 18.4 Å². The Hall–Kier alpha value is -2.50. The van der Waals surface area contributed by atoms with E-state index in [0.29, 0.717) is 12.5 Å². The smallest absolute Gasteiger partial charge is 0.407 e. The van der Waals surface area contributed by atoms with Gasteiger partial charge in [0.25, 0.3) is 0 Å². The van der Waals surface area contributed by atoms with Crippen molar-refractivity contribution in [3.63, 3.8) is 0 Å². The zero-order chi connectivity index (χ0) is 21.2. The fraction of sp³-hybridized carbons (Fsp3) is 0.565. The lowest BCUT2D eigenvalue weighted by Crippen LogP contribution is -2.42. The number of hydrogen-bond acceptors (Lipinski definition) is 3. The highest BCUT2D eigenvalue weighted by Crippen LogP contribution is 2.38. The van der Waals surface area contributed by atoms with Crippen LogP contribution in [0.2, 0.25) is 0 Å². The summed E-state index contributed by atoms with van der Waals surface area (Å²) in [5, 5.41) is 3.95. The Morgan fingerprint density at radius 3 is 2.69 bits per heavy atom. The Morgan fingerprint density at radius 2 is 2.00 bits per heavy atom. The van der Waals surface area contributed by atoms with Gasteiger partial charge in [-0.2, -0.15) is 0 Å². The minimum atomic E-state index is -0.546. The molecule has 0 fully saturated rings. The van der Waals surface area contributed by atoms with Gasteiger partial charge in [0.05, 0.1) is 6.04 Å². The molecule has 2 amide bonds. The standard InChI is InChI=1S/C23H33N3O3/c1-15(2)14-19-21-17(16-8-6-7-9-18(16)25-21)11-13-26(19)20(27)10-12-24-22(28)29-23(3,4)5/h6-9,15,19,25H,10-14H2,1-5H3,(H,24,28). The monoisotopic (exact) mass is 399 g/mol. The van der Waals surface area contributed by atoms with Crippen LogP contribution in [0, 0.1) is 5.92 Å². The maximum absolute atomic E-state index is 13.0. The van der Waals surface area contributed by atoms with E-state index >= 15 is 0 Å². The van der Waals surface area contributed by atoms with E-state index in [2.05, 4.69) is 42.3 Å². The van der Waals surface area contributed by atoms with Crippen LogP contribution >= 0.6 is 0 Å². The third-order valence-electron chi connectivity index (χ3n) is 5.18. The normalized spacial score (nSPS) is 16.8. The van der Waals surface area contributed by atoms with Crippen LogP contribution in [0.5, 0.6) is 0 Å². The zero-order valence-corrected chi connectivity index (χ0v) is 18.2. The number of H-pyrrole nitrogens is 1. The molecule has 0 aliphatic carbocycles. The van der Waals surface area contributed by atoms with Crippen molar-refractivity contribution in [1.29, 1.82) is 0 Å². The number of aromatic nitrogens is 1. The number of aromatic amines is 1. The SMILES string of the molecule is CC(C)CC1c2[nH]c3ccccc3c2CCN1C(=O)CCNC(=O)OC(C)(C)C. The molecule has 0 saturated heterocycles. The lowest BCUT2D eigenvalue weighted by molar-refractivity contribution is -0.134. The first-order chi connectivity index (χ1) is 13.7. The molecule has 6 heteroatoms. The van der Waals surface area contributed by atoms with Crippen molar-refractivity contribution in [2.24, 2.45) is 5.92 Å². The summed E-state index contributed by atoms with van der Waals surface area (Å²) < 4.78 is 5.24. The average molecular weight is 400 g/mol. The van der Waals surface area contributed by atoms with E-state index in [1.165, 1.54) is 16.6 Å². The van der Waals surface area contributed by atoms with E-state index in [-0.39, 0.29) is 24.9 Å². The Labute approximate surface area is 173 Å². The van der Waals surface area contributed by atoms with Crippen molar-refractivity contribution in [2.45, 2.75) is 65.5 Å². The Bertz CT molecular complexity index is 879. The van der Waals surface area contributed by atoms with Crippen LogP contribution in [0.15, 0.2) is 24.3 Å². The van der Waals surface area contributed by atoms with Gasteiger partial charge in [0.2, 0.25) is 5.91 Å². The molecule has 0 spiro atoms. The number of para-hydroxylation sites is 1. The number of carbonyl (C=O) groups excluding carboxylic acids is 2. The highest BCUT2D eigenvalue weighted by atomic mass is 16.6. The van der Waals surface area contributed by atoms with Crippen molar-refractivity contribution >= 4 is 22.9 Å². The molecule has 0 bridgehead atoms. The van der Waals surface area contributed by atoms with Gasteiger partial charge in [0, 0.05) is 36.1 Å². The van der Waals surface area contributed by atoms with Gasteiger partial charge in [0.1, 0.15) is 5.60 Å². The van der Waals surface area contributed by atoms with Crippen LogP contribution < -0.4 is 5.32 Å². The van der Waals surface area contributed by atoms with Gasteiger partial charge in [-0.1, -0.05) is 32.0 Å². The second-order valence-electron chi connectivity index (χ2n) is 9.22. The van der Waals surface area contributed by atoms with Crippen LogP contribution in [0.4, 0.5) is 4.79 Å². The number of alkyl carbamates (subject to hydrolysis) is 1. The zero-order valence-electron chi connectivity index (χ0n) is 18.2. The van der Waals surface area contributed by atoms with E-state index in [1.54, 1.807) is 0 Å². The van der Waals surface area contributed by atoms with Gasteiger partial charge in [-0.05, 0) is 51.2 Å². The fourth-order valence-corrected chi connectivity index (χ4v) is 4.04. The van der Waals surface area contributed by atoms with Gasteiger partial charge in [-0.3, -0.25) is 4.79 Å². The summed E-state index contributed by atoms with van der Waals surface area (Å²) >= 11 is 0. The third-order valence-corrected chi connectivity index (χ3v) is 5.18. The molecule has 0 saturated carbocycles. The largest absolute Gasteiger partial charge is 0.444 e. The quantitative estimate of drug-likeness (QED) is 0.774. The van der Waals surface area contributed by atoms with Crippen molar-refractivity contribution in [1.82, 2.24) is 15.2 Å². The van der Waals surface area contributed by atoms with Crippen molar-refractivity contribution in [3.8, 4) is 0 Å². The molecule has 1 aliphatic heterocycles. The first-order valence-electron chi connectivity index (χ1n) is 10.5. The number of amides is 2. The Balaban J connectivity index is 1.71. The van der Waals surface area contributed by atoms with E-state index in [9.17, 15) is 9.59 Å². The number of carbonyl (C=O) groups is 2. The number of fused-ring (bicyclic) bond motifs is 3. The summed E-state index contributed by atoms with van der Waals surface area (Å²) in [6.07, 6.45) is 1.54. The molecule has 1 aliphatic rings. The van der Waals surface area contributed by atoms with Crippen molar-refractivity contribution < 1.29 is 14.3 Å². The molecule has 1 unspecified atom stereocenters. The first kappa shape index (κ1) is 21.2. The van der Waals surface area contributed by atoms with Gasteiger partial charge < -0.3 is 19.9 Å². The molecule has 1 aromatic heterocycles. The summed E-state index contributed by atoms with van der Waals surface area (Å²) in [6.45, 7) is 10.8. The van der Waals surface area contributed by atoms with E-state index in [1.807, 2.05) is 31.7 Å². The third kappa shape index (κ3) is 5.11. The number of hydrogen-bond donors (Lipinski definition) is 2. The summed E-state index contributed by atoms with van der Waals surface area (Å²) in [5.74, 6) is 0.531. The molecule has 1 aromatic carbocycles. The van der Waals surface area contributed by atoms with E-state index in [4.69, 9.17) is 4.74 Å². The molecule has 6 nitrogen and oxygen atoms in total. The lowest BCUT2D eigenvalue weighted by Gasteiger charge is -2.37. The number of nitrogens with zero attached hydrogens (tertiary/aromatic N) is 1. The number of benzene rings is 1. The molecule has 29 heavy (non-hydrogen) atoms. The van der Waals surface area contributed by atoms with Crippen LogP contribution in [-0.4, -0.2) is 40.6 Å². The molecule has 158 valence electrons. The maximum atomic E-state index is 13.0. The molecule has 0 radical (unpaired) electrons. The van der Waals surface area contributed by atoms with Gasteiger partial charge in [0.15, 0.2) is 0 Å². The van der Waals surface area contributed by atoms with Crippen LogP contribution in [0.25, 0.3) is 10.9 Å². The summed E-state index contributed by atoms with van der Waals surface area (Å²) in [7, 11) is 0. The van der Waals surface area contributed by atoms with Gasteiger partial charge >= 0.3 is 6.09 Å². The number of rotatable bonds is 5. The second kappa shape index (κ2) is 8.47. The highest BCUT2D eigenvalue weighted by molar-refractivity contribution is 5.86. The highest BCUT2D eigenvalue weighted by Gasteiger charge is 2.33. The maximum Gasteiger partial charge on any atom is 0.407 e. The van der Waals surface area contributed by atoms with Gasteiger partial charge in [-0.25, -0.2) is 4.79 Å². The number of nitrogens with one attached hydrogen (secondary N) is 2. The molecule has 1 atom stereocenters. The lowest BCUT2D eigenvalue weighted by atomic mass is 9.91. The minimum Gasteiger partial charge on any atom is -0.444 e. The summed E-state index contributed by atoms with van der Waals surface area (Å²) in [4.78, 5) is 30.4. The second-order valence-corrected chi connectivity index (χ2v) is 9.22. The van der Waals surface area contributed by atoms with Crippen molar-refractivity contribution in [3.05, 3.63) is 35.5 Å². The first-order valence-corrected chi connectivity index (χ1v) is 10.5. The van der Waals surface area contributed by atoms with E-state index < -0.39 is 11.7 Å². The molecule has 2 aromatic rings. The van der Waals surface area contributed by atoms with Crippen LogP contribution in [-0.2, 0) is 16.0 Å². The van der Waals surface area contributed by atoms with Crippen LogP contribution in [0.1, 0.15) is 64.8 Å². The predicted octanol–water partition coefficient (Wildman–Crippen LogP) is 4.55. The number of ether oxygens (including phenoxy) is 1. The molecular formula is C23H33N3O3. The summed E-state index contributed by atoms with van der Waals surface area (Å²) in [5.41, 5.74) is 3.09. The summed E-state index contributed by atoms with van der Waals surface area (Å²) in [6, 6.07) is 8.39. The fourth-order valence-electron chi connectivity index (χ4n) is 4.04. The van der Waals surface area contributed by atoms with Gasteiger partial charge in [-0.15, -0.1) is 0 Å². The van der Waals surface area contributed by atoms with Crippen molar-refractivity contribution in [2.75, 3.05) is 13.1 Å². The minimum absolute atomic E-state index is 0.0418. The van der Waals surface area contributed by atoms with Crippen LogP contribution in [0.3, 0.4) is 0 Å². The molecular weight excluding hydrogens is 366 g/mol. The molecule has 2 heterocycles. The Kier molecular flexibility index (Phi) is 6.20. The Morgan fingerprint density at radius 1 is 1.28 bits per heavy atom. The molecule has 3 rings (SSSR count). The topological polar surface area (TPSA) is 74.4 Å². The predicted molar refractivity (Wildman–Crippen MR) is 115 cm³/mol.